The number of aryl methyl sites for hydroxylation is 1. The van der Waals surface area contributed by atoms with Gasteiger partial charge >= 0.3 is 0 Å². The molecular weight excluding hydrogens is 256 g/mol. The maximum Gasteiger partial charge on any atom is 0.0705 e. The van der Waals surface area contributed by atoms with Crippen molar-refractivity contribution >= 4 is 10.9 Å². The predicted octanol–water partition coefficient (Wildman–Crippen LogP) is 4.69. The summed E-state index contributed by atoms with van der Waals surface area (Å²) in [5, 5.41) is 1.20. The van der Waals surface area contributed by atoms with Crippen molar-refractivity contribution in [2.24, 2.45) is 11.1 Å². The molecule has 21 heavy (non-hydrogen) atoms. The van der Waals surface area contributed by atoms with Crippen LogP contribution in [0.15, 0.2) is 30.3 Å². The summed E-state index contributed by atoms with van der Waals surface area (Å²) in [7, 11) is 0. The van der Waals surface area contributed by atoms with Crippen LogP contribution in [0.25, 0.3) is 10.9 Å². The number of nitrogens with two attached hydrogens (primary N) is 1. The van der Waals surface area contributed by atoms with Crippen molar-refractivity contribution in [3.63, 3.8) is 0 Å². The Morgan fingerprint density at radius 3 is 2.62 bits per heavy atom. The van der Waals surface area contributed by atoms with Crippen molar-refractivity contribution in [2.45, 2.75) is 58.4 Å². The van der Waals surface area contributed by atoms with Crippen molar-refractivity contribution in [3.8, 4) is 0 Å². The molecule has 0 bridgehead atoms. The topological polar surface area (TPSA) is 38.9 Å². The Labute approximate surface area is 127 Å². The molecule has 0 amide bonds. The summed E-state index contributed by atoms with van der Waals surface area (Å²) in [6, 6.07) is 10.8. The second-order valence-electron chi connectivity index (χ2n) is 7.53. The van der Waals surface area contributed by atoms with Crippen LogP contribution in [0.3, 0.4) is 0 Å². The summed E-state index contributed by atoms with van der Waals surface area (Å²) in [5.74, 6) is 0. The van der Waals surface area contributed by atoms with Crippen molar-refractivity contribution in [3.05, 3.63) is 41.6 Å². The van der Waals surface area contributed by atoms with E-state index in [4.69, 9.17) is 5.73 Å². The predicted molar refractivity (Wildman–Crippen MR) is 89.2 cm³/mol. The number of pyridine rings is 1. The van der Waals surface area contributed by atoms with Crippen molar-refractivity contribution < 1.29 is 0 Å². The zero-order valence-electron chi connectivity index (χ0n) is 13.4. The molecule has 1 unspecified atom stereocenters. The zero-order chi connectivity index (χ0) is 15.1. The molecule has 0 radical (unpaired) electrons. The van der Waals surface area contributed by atoms with Gasteiger partial charge in [-0.05, 0) is 61.8 Å². The average Bonchev–Trinajstić information content (AvgIpc) is 2.58. The standard InChI is InChI=1S/C19H26N2/c1-14-5-6-15-13-16(7-8-17(15)21-14)19(20)10-4-9-18(2,3)11-12-19/h5-8,13H,4,9-12,20H2,1-3H3. The molecule has 2 nitrogen and oxygen atoms in total. The van der Waals surface area contributed by atoms with Crippen LogP contribution in [0.2, 0.25) is 0 Å². The molecule has 2 N–H and O–H groups in total. The Morgan fingerprint density at radius 2 is 1.81 bits per heavy atom. The van der Waals surface area contributed by atoms with Gasteiger partial charge in [-0.2, -0.15) is 0 Å². The number of rotatable bonds is 1. The summed E-state index contributed by atoms with van der Waals surface area (Å²) < 4.78 is 0. The summed E-state index contributed by atoms with van der Waals surface area (Å²) in [5.41, 5.74) is 10.5. The van der Waals surface area contributed by atoms with E-state index in [9.17, 15) is 0 Å². The van der Waals surface area contributed by atoms with Crippen LogP contribution >= 0.6 is 0 Å². The molecule has 1 aliphatic carbocycles. The number of hydrogen-bond acceptors (Lipinski definition) is 2. The molecule has 2 heteroatoms. The normalized spacial score (nSPS) is 25.7. The minimum atomic E-state index is -0.174. The van der Waals surface area contributed by atoms with Gasteiger partial charge in [0.05, 0.1) is 5.52 Å². The van der Waals surface area contributed by atoms with Gasteiger partial charge in [-0.3, -0.25) is 4.98 Å². The lowest BCUT2D eigenvalue weighted by Crippen LogP contribution is -2.36. The van der Waals surface area contributed by atoms with Crippen molar-refractivity contribution in [2.75, 3.05) is 0 Å². The van der Waals surface area contributed by atoms with E-state index in [1.807, 2.05) is 6.92 Å². The van der Waals surface area contributed by atoms with E-state index >= 15 is 0 Å². The Balaban J connectivity index is 1.97. The Morgan fingerprint density at radius 1 is 1.00 bits per heavy atom. The zero-order valence-corrected chi connectivity index (χ0v) is 13.4. The lowest BCUT2D eigenvalue weighted by molar-refractivity contribution is 0.299. The molecule has 1 aromatic carbocycles. The highest BCUT2D eigenvalue weighted by molar-refractivity contribution is 5.79. The number of fused-ring (bicyclic) bond motifs is 1. The number of nitrogens with zero attached hydrogens (tertiary/aromatic N) is 1. The lowest BCUT2D eigenvalue weighted by atomic mass is 9.81. The molecule has 1 saturated carbocycles. The van der Waals surface area contributed by atoms with E-state index < -0.39 is 0 Å². The van der Waals surface area contributed by atoms with Gasteiger partial charge in [0, 0.05) is 16.6 Å². The second-order valence-corrected chi connectivity index (χ2v) is 7.53. The van der Waals surface area contributed by atoms with Gasteiger partial charge < -0.3 is 5.73 Å². The first-order valence-electron chi connectivity index (χ1n) is 8.05. The molecule has 1 atom stereocenters. The van der Waals surface area contributed by atoms with Gasteiger partial charge in [-0.15, -0.1) is 0 Å². The highest BCUT2D eigenvalue weighted by Crippen LogP contribution is 2.41. The molecule has 2 aromatic rings. The molecular formula is C19H26N2. The maximum atomic E-state index is 6.80. The Kier molecular flexibility index (Phi) is 3.53. The molecule has 1 aromatic heterocycles. The third kappa shape index (κ3) is 2.96. The number of benzene rings is 1. The largest absolute Gasteiger partial charge is 0.321 e. The van der Waals surface area contributed by atoms with Gasteiger partial charge in [-0.1, -0.05) is 32.4 Å². The van der Waals surface area contributed by atoms with Crippen LogP contribution in [-0.4, -0.2) is 4.98 Å². The maximum absolute atomic E-state index is 6.80. The first-order chi connectivity index (χ1) is 9.88. The van der Waals surface area contributed by atoms with E-state index in [0.717, 1.165) is 24.1 Å². The monoisotopic (exact) mass is 282 g/mol. The van der Waals surface area contributed by atoms with E-state index in [-0.39, 0.29) is 5.54 Å². The molecule has 1 heterocycles. The highest BCUT2D eigenvalue weighted by atomic mass is 14.7. The first kappa shape index (κ1) is 14.5. The van der Waals surface area contributed by atoms with E-state index in [1.165, 1.54) is 30.2 Å². The molecule has 0 saturated heterocycles. The highest BCUT2D eigenvalue weighted by Gasteiger charge is 2.33. The fourth-order valence-electron chi connectivity index (χ4n) is 3.52. The average molecular weight is 282 g/mol. The van der Waals surface area contributed by atoms with Gasteiger partial charge in [0.15, 0.2) is 0 Å². The SMILES string of the molecule is Cc1ccc2cc(C3(N)CCCC(C)(C)CC3)ccc2n1. The van der Waals surface area contributed by atoms with Crippen LogP contribution in [-0.2, 0) is 5.54 Å². The lowest BCUT2D eigenvalue weighted by Gasteiger charge is -2.30. The van der Waals surface area contributed by atoms with Crippen LogP contribution in [0, 0.1) is 12.3 Å². The molecule has 112 valence electrons. The van der Waals surface area contributed by atoms with Crippen LogP contribution in [0.5, 0.6) is 0 Å². The van der Waals surface area contributed by atoms with Crippen molar-refractivity contribution in [1.29, 1.82) is 0 Å². The van der Waals surface area contributed by atoms with Gasteiger partial charge in [0.25, 0.3) is 0 Å². The molecule has 3 rings (SSSR count). The molecule has 0 spiro atoms. The number of hydrogen-bond donors (Lipinski definition) is 1. The minimum absolute atomic E-state index is 0.174. The van der Waals surface area contributed by atoms with Gasteiger partial charge in [-0.25, -0.2) is 0 Å². The third-order valence-electron chi connectivity index (χ3n) is 5.13. The first-order valence-corrected chi connectivity index (χ1v) is 8.05. The summed E-state index contributed by atoms with van der Waals surface area (Å²) >= 11 is 0. The van der Waals surface area contributed by atoms with Crippen LogP contribution in [0.1, 0.15) is 57.2 Å². The quantitative estimate of drug-likeness (QED) is 0.771. The summed E-state index contributed by atoms with van der Waals surface area (Å²) in [4.78, 5) is 4.59. The van der Waals surface area contributed by atoms with Crippen molar-refractivity contribution in [1.82, 2.24) is 4.98 Å². The van der Waals surface area contributed by atoms with E-state index in [1.54, 1.807) is 0 Å². The molecule has 1 aliphatic rings. The third-order valence-corrected chi connectivity index (χ3v) is 5.13. The number of aromatic nitrogens is 1. The Bertz CT molecular complexity index is 660. The molecule has 0 aliphatic heterocycles. The second kappa shape index (κ2) is 5.10. The van der Waals surface area contributed by atoms with E-state index in [2.05, 4.69) is 49.2 Å². The fourth-order valence-corrected chi connectivity index (χ4v) is 3.52. The summed E-state index contributed by atoms with van der Waals surface area (Å²) in [6.07, 6.45) is 5.85. The van der Waals surface area contributed by atoms with E-state index in [0.29, 0.717) is 5.41 Å². The van der Waals surface area contributed by atoms with Gasteiger partial charge in [0.2, 0.25) is 0 Å². The minimum Gasteiger partial charge on any atom is -0.321 e. The fraction of sp³-hybridized carbons (Fsp3) is 0.526. The van der Waals surface area contributed by atoms with Crippen LogP contribution in [0.4, 0.5) is 0 Å². The van der Waals surface area contributed by atoms with Gasteiger partial charge in [0.1, 0.15) is 0 Å². The van der Waals surface area contributed by atoms with Crippen LogP contribution < -0.4 is 5.73 Å². The smallest absolute Gasteiger partial charge is 0.0705 e. The molecule has 1 fully saturated rings. The summed E-state index contributed by atoms with van der Waals surface area (Å²) in [6.45, 7) is 6.77. The Hall–Kier alpha value is -1.41.